The van der Waals surface area contributed by atoms with Gasteiger partial charge in [0.15, 0.2) is 11.5 Å². The van der Waals surface area contributed by atoms with Crippen molar-refractivity contribution in [2.75, 3.05) is 7.11 Å². The van der Waals surface area contributed by atoms with E-state index in [1.165, 1.54) is 11.1 Å². The average Bonchev–Trinajstić information content (AvgIpc) is 3.43. The van der Waals surface area contributed by atoms with Gasteiger partial charge in [0.2, 0.25) is 0 Å². The molecule has 0 radical (unpaired) electrons. The highest BCUT2D eigenvalue weighted by atomic mass is 16.5. The third-order valence-corrected chi connectivity index (χ3v) is 5.92. The van der Waals surface area contributed by atoms with Crippen LogP contribution in [0.25, 0.3) is 11.3 Å². The summed E-state index contributed by atoms with van der Waals surface area (Å²) in [4.78, 5) is 12.4. The smallest absolute Gasteiger partial charge is 0.184 e. The lowest BCUT2D eigenvalue weighted by Gasteiger charge is -2.13. The SMILES string of the molecule is COc1ccc(-c2cc(C(=O)CC[C@H](O)CCC3Cc4ccccc4C3)no2)cc1. The molecule has 1 heterocycles. The summed E-state index contributed by atoms with van der Waals surface area (Å²) < 4.78 is 10.5. The molecule has 0 bridgehead atoms. The van der Waals surface area contributed by atoms with Gasteiger partial charge in [0.25, 0.3) is 0 Å². The minimum absolute atomic E-state index is 0.106. The molecular formula is C25H27NO4. The van der Waals surface area contributed by atoms with Crippen LogP contribution in [0.1, 0.15) is 47.3 Å². The lowest BCUT2D eigenvalue weighted by molar-refractivity contribution is 0.0919. The van der Waals surface area contributed by atoms with Gasteiger partial charge in [-0.3, -0.25) is 4.79 Å². The van der Waals surface area contributed by atoms with Crippen LogP contribution in [-0.2, 0) is 12.8 Å². The molecule has 0 fully saturated rings. The summed E-state index contributed by atoms with van der Waals surface area (Å²) in [6.45, 7) is 0. The zero-order valence-electron chi connectivity index (χ0n) is 17.2. The van der Waals surface area contributed by atoms with Crippen LogP contribution in [0.5, 0.6) is 5.75 Å². The highest BCUT2D eigenvalue weighted by molar-refractivity contribution is 5.94. The molecular weight excluding hydrogens is 378 g/mol. The number of nitrogens with zero attached hydrogens (tertiary/aromatic N) is 1. The van der Waals surface area contributed by atoms with Gasteiger partial charge in [0.05, 0.1) is 13.2 Å². The Balaban J connectivity index is 1.23. The molecule has 1 aliphatic carbocycles. The Morgan fingerprint density at radius 3 is 2.50 bits per heavy atom. The van der Waals surface area contributed by atoms with Crippen LogP contribution in [0, 0.1) is 5.92 Å². The van der Waals surface area contributed by atoms with Crippen LogP contribution in [0.15, 0.2) is 59.1 Å². The number of ether oxygens (including phenoxy) is 1. The molecule has 0 saturated carbocycles. The third kappa shape index (κ3) is 4.79. The van der Waals surface area contributed by atoms with Gasteiger partial charge >= 0.3 is 0 Å². The first-order chi connectivity index (χ1) is 14.6. The van der Waals surface area contributed by atoms with Crippen molar-refractivity contribution in [3.63, 3.8) is 0 Å². The molecule has 5 nitrogen and oxygen atoms in total. The molecule has 0 saturated heterocycles. The number of ketones is 1. The Morgan fingerprint density at radius 1 is 1.13 bits per heavy atom. The van der Waals surface area contributed by atoms with Crippen LogP contribution in [-0.4, -0.2) is 29.3 Å². The number of carbonyl (C=O) groups excluding carboxylic acids is 1. The van der Waals surface area contributed by atoms with Crippen molar-refractivity contribution >= 4 is 5.78 Å². The number of methoxy groups -OCH3 is 1. The molecule has 30 heavy (non-hydrogen) atoms. The van der Waals surface area contributed by atoms with E-state index in [9.17, 15) is 9.90 Å². The van der Waals surface area contributed by atoms with Crippen molar-refractivity contribution in [2.24, 2.45) is 5.92 Å². The number of hydrogen-bond acceptors (Lipinski definition) is 5. The maximum atomic E-state index is 12.4. The van der Waals surface area contributed by atoms with Crippen LogP contribution in [0.2, 0.25) is 0 Å². The summed E-state index contributed by atoms with van der Waals surface area (Å²) in [7, 11) is 1.61. The van der Waals surface area contributed by atoms with Crippen LogP contribution < -0.4 is 4.74 Å². The maximum absolute atomic E-state index is 12.4. The fraction of sp³-hybridized carbons (Fsp3) is 0.360. The predicted molar refractivity (Wildman–Crippen MR) is 115 cm³/mol. The Hall–Kier alpha value is -2.92. The second kappa shape index (κ2) is 9.26. The van der Waals surface area contributed by atoms with Gasteiger partial charge in [-0.25, -0.2) is 0 Å². The Morgan fingerprint density at radius 2 is 1.83 bits per heavy atom. The fourth-order valence-corrected chi connectivity index (χ4v) is 4.15. The van der Waals surface area contributed by atoms with Crippen LogP contribution >= 0.6 is 0 Å². The molecule has 0 unspecified atom stereocenters. The number of carbonyl (C=O) groups is 1. The van der Waals surface area contributed by atoms with Gasteiger partial charge in [-0.15, -0.1) is 0 Å². The van der Waals surface area contributed by atoms with Gasteiger partial charge in [0.1, 0.15) is 11.4 Å². The highest BCUT2D eigenvalue weighted by Crippen LogP contribution is 2.30. The molecule has 0 spiro atoms. The van der Waals surface area contributed by atoms with Crippen molar-refractivity contribution < 1.29 is 19.2 Å². The number of aliphatic hydroxyl groups excluding tert-OH is 1. The molecule has 0 aliphatic heterocycles. The fourth-order valence-electron chi connectivity index (χ4n) is 4.15. The number of aromatic nitrogens is 1. The summed E-state index contributed by atoms with van der Waals surface area (Å²) in [5.41, 5.74) is 4.01. The first kappa shape index (κ1) is 20.4. The molecule has 3 aromatic rings. The summed E-state index contributed by atoms with van der Waals surface area (Å²) in [5.74, 6) is 1.79. The topological polar surface area (TPSA) is 72.6 Å². The van der Waals surface area contributed by atoms with Gasteiger partial charge < -0.3 is 14.4 Å². The van der Waals surface area contributed by atoms with E-state index in [0.29, 0.717) is 23.8 Å². The lowest BCUT2D eigenvalue weighted by atomic mass is 9.96. The molecule has 4 rings (SSSR count). The van der Waals surface area contributed by atoms with Crippen molar-refractivity contribution in [3.8, 4) is 17.1 Å². The second-order valence-corrected chi connectivity index (χ2v) is 8.04. The maximum Gasteiger partial charge on any atom is 0.184 e. The van der Waals surface area contributed by atoms with E-state index in [1.807, 2.05) is 24.3 Å². The van der Waals surface area contributed by atoms with Gasteiger partial charge in [0, 0.05) is 18.1 Å². The van der Waals surface area contributed by atoms with E-state index in [1.54, 1.807) is 13.2 Å². The number of hydrogen-bond donors (Lipinski definition) is 1. The third-order valence-electron chi connectivity index (χ3n) is 5.92. The van der Waals surface area contributed by atoms with E-state index in [2.05, 4.69) is 29.4 Å². The Bertz CT molecular complexity index is 967. The number of fused-ring (bicyclic) bond motifs is 1. The van der Waals surface area contributed by atoms with Gasteiger partial charge in [-0.1, -0.05) is 29.4 Å². The largest absolute Gasteiger partial charge is 0.497 e. The van der Waals surface area contributed by atoms with E-state index < -0.39 is 6.10 Å². The second-order valence-electron chi connectivity index (χ2n) is 8.04. The number of rotatable bonds is 9. The first-order valence-corrected chi connectivity index (χ1v) is 10.5. The predicted octanol–water partition coefficient (Wildman–Crippen LogP) is 4.87. The lowest BCUT2D eigenvalue weighted by Crippen LogP contribution is -2.12. The summed E-state index contributed by atoms with van der Waals surface area (Å²) in [6.07, 6.45) is 4.14. The minimum atomic E-state index is -0.467. The molecule has 1 atom stereocenters. The first-order valence-electron chi connectivity index (χ1n) is 10.5. The Kier molecular flexibility index (Phi) is 6.29. The van der Waals surface area contributed by atoms with Crippen molar-refractivity contribution in [3.05, 3.63) is 71.4 Å². The quantitative estimate of drug-likeness (QED) is 0.514. The molecule has 2 aromatic carbocycles. The highest BCUT2D eigenvalue weighted by Gasteiger charge is 2.22. The van der Waals surface area contributed by atoms with Gasteiger partial charge in [-0.05, 0) is 73.4 Å². The van der Waals surface area contributed by atoms with Crippen molar-refractivity contribution in [1.29, 1.82) is 0 Å². The monoisotopic (exact) mass is 405 g/mol. The average molecular weight is 405 g/mol. The zero-order valence-corrected chi connectivity index (χ0v) is 17.2. The molecule has 1 aliphatic rings. The van der Waals surface area contributed by atoms with E-state index in [4.69, 9.17) is 9.26 Å². The summed E-state index contributed by atoms with van der Waals surface area (Å²) in [6, 6.07) is 17.6. The van der Waals surface area contributed by atoms with Crippen LogP contribution in [0.4, 0.5) is 0 Å². The molecule has 1 N–H and O–H groups in total. The summed E-state index contributed by atoms with van der Waals surface area (Å²) in [5, 5.41) is 14.3. The van der Waals surface area contributed by atoms with Crippen molar-refractivity contribution in [2.45, 2.75) is 44.6 Å². The van der Waals surface area contributed by atoms with E-state index in [0.717, 1.165) is 37.0 Å². The molecule has 0 amide bonds. The zero-order chi connectivity index (χ0) is 20.9. The van der Waals surface area contributed by atoms with Crippen molar-refractivity contribution in [1.82, 2.24) is 5.16 Å². The minimum Gasteiger partial charge on any atom is -0.497 e. The number of aliphatic hydroxyl groups is 1. The number of Topliss-reactive ketones (excluding diaryl/α,β-unsaturated/α-hetero) is 1. The van der Waals surface area contributed by atoms with Gasteiger partial charge in [-0.2, -0.15) is 0 Å². The summed E-state index contributed by atoms with van der Waals surface area (Å²) >= 11 is 0. The normalized spacial score (nSPS) is 14.5. The molecule has 5 heteroatoms. The molecule has 1 aromatic heterocycles. The van der Waals surface area contributed by atoms with Crippen LogP contribution in [0.3, 0.4) is 0 Å². The van der Waals surface area contributed by atoms with E-state index >= 15 is 0 Å². The molecule has 156 valence electrons. The van der Waals surface area contributed by atoms with E-state index in [-0.39, 0.29) is 12.2 Å². The number of benzene rings is 2. The Labute approximate surface area is 176 Å². The standard InChI is InChI=1S/C25H27NO4/c1-29-22-11-7-18(8-12-22)25-16-23(26-30-25)24(28)13-10-21(27)9-6-17-14-19-4-2-3-5-20(19)15-17/h2-5,7-8,11-12,16-17,21,27H,6,9-10,13-15H2,1H3/t21-/m1/s1.